The summed E-state index contributed by atoms with van der Waals surface area (Å²) in [5.41, 5.74) is 0.759. The number of hydrogen-bond acceptors (Lipinski definition) is 2. The maximum atomic E-state index is 13.4. The molecular weight excluding hydrogens is 316 g/mol. The molecule has 0 radical (unpaired) electrons. The number of nitrogens with one attached hydrogen (secondary N) is 1. The van der Waals surface area contributed by atoms with Crippen LogP contribution in [-0.2, 0) is 6.54 Å². The van der Waals surface area contributed by atoms with Gasteiger partial charge in [0.2, 0.25) is 0 Å². The highest BCUT2D eigenvalue weighted by atomic mass is 79.9. The zero-order valence-corrected chi connectivity index (χ0v) is 11.8. The molecule has 0 spiro atoms. The Balaban J connectivity index is 2.24. The highest BCUT2D eigenvalue weighted by Gasteiger charge is 2.05. The minimum atomic E-state index is -0.427. The molecule has 0 aromatic heterocycles. The maximum Gasteiger partial charge on any atom is 0.141 e. The molecule has 0 aliphatic carbocycles. The molecule has 0 amide bonds. The topological polar surface area (TPSA) is 21.3 Å². The second-order valence-electron chi connectivity index (χ2n) is 4.00. The van der Waals surface area contributed by atoms with Gasteiger partial charge in [-0.1, -0.05) is 0 Å². The molecule has 19 heavy (non-hydrogen) atoms. The van der Waals surface area contributed by atoms with Crippen LogP contribution < -0.4 is 10.1 Å². The number of rotatable bonds is 4. The third kappa shape index (κ3) is 3.75. The SMILES string of the molecule is CNCc1cc(F)cc(Oc2ccc(Br)c(F)c2)c1. The van der Waals surface area contributed by atoms with Crippen LogP contribution in [0.5, 0.6) is 11.5 Å². The minimum absolute atomic E-state index is 0.321. The summed E-state index contributed by atoms with van der Waals surface area (Å²) in [7, 11) is 1.77. The molecule has 0 saturated carbocycles. The van der Waals surface area contributed by atoms with Gasteiger partial charge in [0.1, 0.15) is 23.1 Å². The Hall–Kier alpha value is -1.46. The molecule has 2 aromatic rings. The standard InChI is InChI=1S/C14H12BrF2NO/c1-18-8-9-4-10(16)6-12(5-9)19-11-2-3-13(15)14(17)7-11/h2-7,18H,8H2,1H3. The Bertz CT molecular complexity index is 590. The summed E-state index contributed by atoms with van der Waals surface area (Å²) in [5.74, 6) is -0.154. The van der Waals surface area contributed by atoms with E-state index in [0.717, 1.165) is 5.56 Å². The fourth-order valence-corrected chi connectivity index (χ4v) is 1.91. The van der Waals surface area contributed by atoms with E-state index in [9.17, 15) is 8.78 Å². The van der Waals surface area contributed by atoms with Crippen molar-refractivity contribution in [1.29, 1.82) is 0 Å². The van der Waals surface area contributed by atoms with Crippen LogP contribution in [0.15, 0.2) is 40.9 Å². The van der Waals surface area contributed by atoms with Gasteiger partial charge in [-0.25, -0.2) is 8.78 Å². The third-order valence-corrected chi connectivity index (χ3v) is 3.08. The van der Waals surface area contributed by atoms with Crippen LogP contribution in [0.25, 0.3) is 0 Å². The van der Waals surface area contributed by atoms with E-state index >= 15 is 0 Å². The van der Waals surface area contributed by atoms with E-state index in [1.165, 1.54) is 18.2 Å². The summed E-state index contributed by atoms with van der Waals surface area (Å²) in [4.78, 5) is 0. The van der Waals surface area contributed by atoms with Gasteiger partial charge >= 0.3 is 0 Å². The molecule has 0 fully saturated rings. The second-order valence-corrected chi connectivity index (χ2v) is 4.86. The molecular formula is C14H12BrF2NO. The summed E-state index contributed by atoms with van der Waals surface area (Å²) < 4.78 is 32.6. The van der Waals surface area contributed by atoms with Crippen molar-refractivity contribution >= 4 is 15.9 Å². The highest BCUT2D eigenvalue weighted by Crippen LogP contribution is 2.27. The molecule has 0 aliphatic rings. The highest BCUT2D eigenvalue weighted by molar-refractivity contribution is 9.10. The summed E-state index contributed by atoms with van der Waals surface area (Å²) >= 11 is 3.06. The number of hydrogen-bond donors (Lipinski definition) is 1. The van der Waals surface area contributed by atoms with Gasteiger partial charge in [-0.15, -0.1) is 0 Å². The van der Waals surface area contributed by atoms with Crippen LogP contribution in [0, 0.1) is 11.6 Å². The fraction of sp³-hybridized carbons (Fsp3) is 0.143. The minimum Gasteiger partial charge on any atom is -0.457 e. The van der Waals surface area contributed by atoms with E-state index in [2.05, 4.69) is 21.2 Å². The van der Waals surface area contributed by atoms with Crippen LogP contribution in [-0.4, -0.2) is 7.05 Å². The lowest BCUT2D eigenvalue weighted by Gasteiger charge is -2.08. The molecule has 2 rings (SSSR count). The summed E-state index contributed by atoms with van der Waals surface area (Å²) in [6.45, 7) is 0.531. The Kier molecular flexibility index (Phi) is 4.50. The first-order valence-electron chi connectivity index (χ1n) is 5.65. The van der Waals surface area contributed by atoms with Gasteiger partial charge in [0.15, 0.2) is 0 Å². The average molecular weight is 328 g/mol. The molecule has 100 valence electrons. The number of halogens is 3. The van der Waals surface area contributed by atoms with Crippen LogP contribution in [0.4, 0.5) is 8.78 Å². The van der Waals surface area contributed by atoms with Crippen molar-refractivity contribution in [3.05, 3.63) is 58.1 Å². The van der Waals surface area contributed by atoms with Gasteiger partial charge < -0.3 is 10.1 Å². The second kappa shape index (κ2) is 6.12. The smallest absolute Gasteiger partial charge is 0.141 e. The molecule has 2 nitrogen and oxygen atoms in total. The van der Waals surface area contributed by atoms with Crippen LogP contribution >= 0.6 is 15.9 Å². The molecule has 0 aliphatic heterocycles. The Morgan fingerprint density at radius 1 is 1.11 bits per heavy atom. The Morgan fingerprint density at radius 3 is 2.58 bits per heavy atom. The van der Waals surface area contributed by atoms with Crippen LogP contribution in [0.2, 0.25) is 0 Å². The first-order chi connectivity index (χ1) is 9.08. The number of benzene rings is 2. The fourth-order valence-electron chi connectivity index (χ4n) is 1.66. The summed E-state index contributed by atoms with van der Waals surface area (Å²) in [5, 5.41) is 2.93. The van der Waals surface area contributed by atoms with Crippen molar-refractivity contribution in [2.75, 3.05) is 7.05 Å². The quantitative estimate of drug-likeness (QED) is 0.906. The lowest BCUT2D eigenvalue weighted by atomic mass is 10.2. The molecule has 0 atom stereocenters. The van der Waals surface area contributed by atoms with Gasteiger partial charge in [0.25, 0.3) is 0 Å². The predicted molar refractivity (Wildman–Crippen MR) is 73.3 cm³/mol. The van der Waals surface area contributed by atoms with Gasteiger partial charge in [-0.3, -0.25) is 0 Å². The first-order valence-corrected chi connectivity index (χ1v) is 6.45. The molecule has 1 N–H and O–H groups in total. The lowest BCUT2D eigenvalue weighted by molar-refractivity contribution is 0.469. The Morgan fingerprint density at radius 2 is 1.89 bits per heavy atom. The Labute approximate surface area is 118 Å². The van der Waals surface area contributed by atoms with Crippen molar-refractivity contribution in [2.45, 2.75) is 6.54 Å². The van der Waals surface area contributed by atoms with E-state index in [0.29, 0.717) is 22.5 Å². The molecule has 0 saturated heterocycles. The van der Waals surface area contributed by atoms with Crippen LogP contribution in [0.3, 0.4) is 0 Å². The lowest BCUT2D eigenvalue weighted by Crippen LogP contribution is -2.05. The van der Waals surface area contributed by atoms with Gasteiger partial charge in [0, 0.05) is 18.7 Å². The largest absolute Gasteiger partial charge is 0.457 e. The molecule has 2 aromatic carbocycles. The normalized spacial score (nSPS) is 10.5. The van der Waals surface area contributed by atoms with E-state index in [1.54, 1.807) is 25.2 Å². The van der Waals surface area contributed by atoms with Crippen molar-refractivity contribution in [3.8, 4) is 11.5 Å². The molecule has 0 unspecified atom stereocenters. The van der Waals surface area contributed by atoms with Crippen molar-refractivity contribution < 1.29 is 13.5 Å². The zero-order chi connectivity index (χ0) is 13.8. The zero-order valence-electron chi connectivity index (χ0n) is 10.2. The van der Waals surface area contributed by atoms with Gasteiger partial charge in [-0.05, 0) is 52.8 Å². The molecule has 5 heteroatoms. The number of ether oxygens (including phenoxy) is 1. The van der Waals surface area contributed by atoms with E-state index in [-0.39, 0.29) is 5.82 Å². The molecule has 0 heterocycles. The van der Waals surface area contributed by atoms with Crippen molar-refractivity contribution in [2.24, 2.45) is 0 Å². The van der Waals surface area contributed by atoms with Gasteiger partial charge in [-0.2, -0.15) is 0 Å². The monoisotopic (exact) mass is 327 g/mol. The average Bonchev–Trinajstić information content (AvgIpc) is 2.33. The van der Waals surface area contributed by atoms with Crippen molar-refractivity contribution in [1.82, 2.24) is 5.32 Å². The molecule has 0 bridgehead atoms. The van der Waals surface area contributed by atoms with E-state index in [1.807, 2.05) is 0 Å². The van der Waals surface area contributed by atoms with E-state index < -0.39 is 5.82 Å². The van der Waals surface area contributed by atoms with Gasteiger partial charge in [0.05, 0.1) is 4.47 Å². The summed E-state index contributed by atoms with van der Waals surface area (Å²) in [6.07, 6.45) is 0. The summed E-state index contributed by atoms with van der Waals surface area (Å²) in [6, 6.07) is 8.78. The third-order valence-electron chi connectivity index (χ3n) is 2.44. The predicted octanol–water partition coefficient (Wildman–Crippen LogP) is 4.24. The van der Waals surface area contributed by atoms with Crippen molar-refractivity contribution in [3.63, 3.8) is 0 Å². The first kappa shape index (κ1) is 14.0. The van der Waals surface area contributed by atoms with E-state index in [4.69, 9.17) is 4.74 Å². The maximum absolute atomic E-state index is 13.4. The van der Waals surface area contributed by atoms with Crippen LogP contribution in [0.1, 0.15) is 5.56 Å².